The van der Waals surface area contributed by atoms with Crippen LogP contribution in [0.4, 0.5) is 0 Å². The van der Waals surface area contributed by atoms with Crippen molar-refractivity contribution in [3.8, 4) is 57.6 Å². The Morgan fingerprint density at radius 3 is 1.08 bits per heavy atom. The molecule has 12 heteroatoms. The van der Waals surface area contributed by atoms with E-state index in [1.165, 1.54) is 0 Å². The minimum absolute atomic E-state index is 0.0112. The molecule has 0 saturated carbocycles. The van der Waals surface area contributed by atoms with Gasteiger partial charge in [0.05, 0.1) is 56.3 Å². The normalized spacial score (nSPS) is 12.8. The van der Waals surface area contributed by atoms with Crippen molar-refractivity contribution in [1.82, 2.24) is 48.2 Å². The van der Waals surface area contributed by atoms with Crippen molar-refractivity contribution in [2.75, 3.05) is 0 Å². The lowest BCUT2D eigenvalue weighted by Crippen LogP contribution is -2.17. The Hall–Kier alpha value is -7.34. The molecule has 0 aliphatic heterocycles. The lowest BCUT2D eigenvalue weighted by Gasteiger charge is -2.20. The summed E-state index contributed by atoms with van der Waals surface area (Å²) in [7, 11) is 8.12. The highest BCUT2D eigenvalue weighted by molar-refractivity contribution is 5.84. The second kappa shape index (κ2) is 16.5. The number of rotatable bonds is 14. The van der Waals surface area contributed by atoms with Gasteiger partial charge in [-0.1, -0.05) is 55.5 Å². The Kier molecular flexibility index (Phi) is 10.4. The number of aromatic nitrogens is 10. The van der Waals surface area contributed by atoms with Gasteiger partial charge in [-0.05, 0) is 87.6 Å². The van der Waals surface area contributed by atoms with Gasteiger partial charge >= 0.3 is 0 Å². The Morgan fingerprint density at radius 2 is 0.746 bits per heavy atom. The highest BCUT2D eigenvalue weighted by atomic mass is 16.5. The number of unbranched alkanes of at least 4 members (excludes halogenated alkanes) is 1. The van der Waals surface area contributed by atoms with Crippen molar-refractivity contribution in [2.45, 2.75) is 58.2 Å². The summed E-state index contributed by atoms with van der Waals surface area (Å²) in [6, 6.07) is 40.6. The molecule has 6 aromatic heterocycles. The van der Waals surface area contributed by atoms with Crippen LogP contribution in [0.1, 0.15) is 46.0 Å². The zero-order valence-electron chi connectivity index (χ0n) is 36.5. The van der Waals surface area contributed by atoms with Gasteiger partial charge in [0.15, 0.2) is 23.3 Å². The summed E-state index contributed by atoms with van der Waals surface area (Å²) in [6.07, 6.45) is 4.58. The van der Waals surface area contributed by atoms with Crippen molar-refractivity contribution < 1.29 is 9.47 Å². The van der Waals surface area contributed by atoms with Gasteiger partial charge < -0.3 is 27.7 Å². The summed E-state index contributed by atoms with van der Waals surface area (Å²) in [5, 5.41) is 0. The van der Waals surface area contributed by atoms with Crippen molar-refractivity contribution in [2.24, 2.45) is 28.2 Å². The van der Waals surface area contributed by atoms with Crippen LogP contribution in [-0.2, 0) is 28.2 Å². The minimum atomic E-state index is -0.0399. The second-order valence-corrected chi connectivity index (χ2v) is 16.4. The summed E-state index contributed by atoms with van der Waals surface area (Å²) in [4.78, 5) is 30.2. The number of fused-ring (bicyclic) bond motifs is 4. The van der Waals surface area contributed by atoms with Gasteiger partial charge in [0.1, 0.15) is 34.3 Å². The van der Waals surface area contributed by atoms with Crippen molar-refractivity contribution in [3.05, 3.63) is 121 Å². The molecule has 0 bridgehead atoms. The van der Waals surface area contributed by atoms with E-state index in [9.17, 15) is 0 Å². The summed E-state index contributed by atoms with van der Waals surface area (Å²) in [5.41, 5.74) is 10.8. The standard InChI is InChI=1S/C51H50N10O2/c1-7-33(63-35-30-42(50-56-38-22-12-16-26-46(38)60(50)5)53-43(31-35)51-57-39-23-13-17-27-47(39)61(51)6)19-9-8-18-32(2)62-34-28-40(48-54-36-20-10-14-24-44(36)58(48)3)52-41(29-34)49-55-37-21-11-15-25-45(37)59(49)4/h10-17,20-33H,7-9,18-19H2,1-6H3. The second-order valence-electron chi connectivity index (χ2n) is 16.4. The summed E-state index contributed by atoms with van der Waals surface area (Å²) < 4.78 is 21.9. The van der Waals surface area contributed by atoms with Crippen molar-refractivity contribution in [1.29, 1.82) is 0 Å². The van der Waals surface area contributed by atoms with Gasteiger partial charge in [0.2, 0.25) is 0 Å². The van der Waals surface area contributed by atoms with Crippen LogP contribution >= 0.6 is 0 Å². The van der Waals surface area contributed by atoms with E-state index >= 15 is 0 Å². The van der Waals surface area contributed by atoms with E-state index in [1.807, 2.05) is 125 Å². The van der Waals surface area contributed by atoms with Crippen LogP contribution < -0.4 is 9.47 Å². The fraction of sp³-hybridized carbons (Fsp3) is 0.255. The Labute approximate surface area is 365 Å². The third-order valence-electron chi connectivity index (χ3n) is 12.1. The molecule has 4 aromatic carbocycles. The Morgan fingerprint density at radius 1 is 0.429 bits per heavy atom. The fourth-order valence-electron chi connectivity index (χ4n) is 8.74. The van der Waals surface area contributed by atoms with Gasteiger partial charge in [-0.25, -0.2) is 29.9 Å². The highest BCUT2D eigenvalue weighted by Crippen LogP contribution is 2.34. The molecule has 0 amide bonds. The van der Waals surface area contributed by atoms with Gasteiger partial charge in [0, 0.05) is 52.5 Å². The molecule has 10 rings (SSSR count). The van der Waals surface area contributed by atoms with E-state index in [0.717, 1.165) is 134 Å². The summed E-state index contributed by atoms with van der Waals surface area (Å²) in [5.74, 6) is 4.59. The van der Waals surface area contributed by atoms with E-state index in [4.69, 9.17) is 39.4 Å². The molecule has 0 fully saturated rings. The van der Waals surface area contributed by atoms with Crippen LogP contribution in [0.2, 0.25) is 0 Å². The van der Waals surface area contributed by atoms with Gasteiger partial charge in [0.25, 0.3) is 0 Å². The Bertz CT molecular complexity index is 3090. The van der Waals surface area contributed by atoms with E-state index in [1.54, 1.807) is 0 Å². The molecule has 0 saturated heterocycles. The number of nitrogens with zero attached hydrogens (tertiary/aromatic N) is 10. The molecule has 10 aromatic rings. The number of hydrogen-bond acceptors (Lipinski definition) is 8. The first-order valence-corrected chi connectivity index (χ1v) is 21.8. The molecule has 0 radical (unpaired) electrons. The van der Waals surface area contributed by atoms with E-state index in [0.29, 0.717) is 0 Å². The molecular formula is C51H50N10O2. The molecular weight excluding hydrogens is 785 g/mol. The molecule has 6 heterocycles. The number of ether oxygens (including phenoxy) is 2. The number of para-hydroxylation sites is 8. The maximum absolute atomic E-state index is 6.82. The predicted octanol–water partition coefficient (Wildman–Crippen LogP) is 10.9. The minimum Gasteiger partial charge on any atom is -0.491 e. The van der Waals surface area contributed by atoms with Crippen molar-refractivity contribution >= 4 is 44.1 Å². The van der Waals surface area contributed by atoms with Crippen LogP contribution in [0.25, 0.3) is 90.2 Å². The first kappa shape index (κ1) is 39.8. The third-order valence-corrected chi connectivity index (χ3v) is 12.1. The van der Waals surface area contributed by atoms with E-state index in [2.05, 4.69) is 56.4 Å². The van der Waals surface area contributed by atoms with E-state index in [-0.39, 0.29) is 12.2 Å². The monoisotopic (exact) mass is 834 g/mol. The zero-order valence-corrected chi connectivity index (χ0v) is 36.5. The molecule has 2 atom stereocenters. The number of imidazole rings is 4. The van der Waals surface area contributed by atoms with Gasteiger partial charge in [-0.15, -0.1) is 0 Å². The average molecular weight is 835 g/mol. The fourth-order valence-corrected chi connectivity index (χ4v) is 8.74. The van der Waals surface area contributed by atoms with Gasteiger partial charge in [-0.3, -0.25) is 0 Å². The molecule has 0 N–H and O–H groups in total. The van der Waals surface area contributed by atoms with Crippen LogP contribution in [0, 0.1) is 0 Å². The van der Waals surface area contributed by atoms with Crippen LogP contribution in [0.5, 0.6) is 11.5 Å². The van der Waals surface area contributed by atoms with Gasteiger partial charge in [-0.2, -0.15) is 0 Å². The van der Waals surface area contributed by atoms with Crippen molar-refractivity contribution in [3.63, 3.8) is 0 Å². The zero-order chi connectivity index (χ0) is 43.2. The average Bonchev–Trinajstić information content (AvgIpc) is 4.04. The quantitative estimate of drug-likeness (QED) is 0.0995. The Balaban J connectivity index is 0.867. The molecule has 0 aliphatic rings. The maximum Gasteiger partial charge on any atom is 0.159 e. The summed E-state index contributed by atoms with van der Waals surface area (Å²) >= 11 is 0. The lowest BCUT2D eigenvalue weighted by atomic mass is 10.1. The molecule has 63 heavy (non-hydrogen) atoms. The highest BCUT2D eigenvalue weighted by Gasteiger charge is 2.21. The largest absolute Gasteiger partial charge is 0.491 e. The molecule has 0 spiro atoms. The smallest absolute Gasteiger partial charge is 0.159 e. The molecule has 0 aliphatic carbocycles. The maximum atomic E-state index is 6.82. The molecule has 12 nitrogen and oxygen atoms in total. The van der Waals surface area contributed by atoms with Crippen LogP contribution in [0.15, 0.2) is 121 Å². The third kappa shape index (κ3) is 7.55. The first-order valence-electron chi connectivity index (χ1n) is 21.8. The lowest BCUT2D eigenvalue weighted by molar-refractivity contribution is 0.174. The topological polar surface area (TPSA) is 116 Å². The number of pyridine rings is 2. The predicted molar refractivity (Wildman–Crippen MR) is 251 cm³/mol. The number of benzene rings is 4. The van der Waals surface area contributed by atoms with Crippen LogP contribution in [0.3, 0.4) is 0 Å². The number of aryl methyl sites for hydroxylation is 4. The number of hydrogen-bond donors (Lipinski definition) is 0. The SMILES string of the molecule is CCC(CCCCC(C)Oc1cc(-c2nc3ccccc3n2C)nc(-c2nc3ccccc3n2C)c1)Oc1cc(-c2nc3ccccc3n2C)nc(-c2nc3ccccc3n2C)c1. The molecule has 2 unspecified atom stereocenters. The summed E-state index contributed by atoms with van der Waals surface area (Å²) in [6.45, 7) is 4.32. The van der Waals surface area contributed by atoms with E-state index < -0.39 is 0 Å². The first-order chi connectivity index (χ1) is 30.7. The molecule has 316 valence electrons. The van der Waals surface area contributed by atoms with Crippen LogP contribution in [-0.4, -0.2) is 60.4 Å².